The largest absolute Gasteiger partial charge is 0.397 e. The van der Waals surface area contributed by atoms with Crippen LogP contribution in [-0.4, -0.2) is 29.4 Å². The van der Waals surface area contributed by atoms with E-state index < -0.39 is 0 Å². The predicted molar refractivity (Wildman–Crippen MR) is 60.4 cm³/mol. The number of amides is 1. The van der Waals surface area contributed by atoms with Gasteiger partial charge in [-0.1, -0.05) is 0 Å². The normalized spacial score (nSPS) is 11.6. The first-order chi connectivity index (χ1) is 7.56. The fourth-order valence-electron chi connectivity index (χ4n) is 1.34. The minimum atomic E-state index is -0.197. The average molecular weight is 218 g/mol. The standard InChI is InChI=1S/C11H14N4O/c1-8(5-12)7-15(2)11(16)9-3-4-14-6-10(9)13/h3-4,6,8H,7,13H2,1-2H3. The maximum absolute atomic E-state index is 11.9. The molecule has 1 aromatic rings. The summed E-state index contributed by atoms with van der Waals surface area (Å²) in [7, 11) is 1.65. The van der Waals surface area contributed by atoms with E-state index in [-0.39, 0.29) is 11.8 Å². The third-order valence-electron chi connectivity index (χ3n) is 2.20. The molecule has 0 fully saturated rings. The van der Waals surface area contributed by atoms with E-state index in [1.54, 1.807) is 20.0 Å². The highest BCUT2D eigenvalue weighted by Gasteiger charge is 2.16. The number of nitriles is 1. The highest BCUT2D eigenvalue weighted by molar-refractivity contribution is 5.98. The molecular weight excluding hydrogens is 204 g/mol. The predicted octanol–water partition coefficient (Wildman–Crippen LogP) is 0.895. The van der Waals surface area contributed by atoms with Crippen LogP contribution in [-0.2, 0) is 0 Å². The molecule has 1 rings (SSSR count). The maximum atomic E-state index is 11.9. The number of rotatable bonds is 3. The van der Waals surface area contributed by atoms with Gasteiger partial charge in [-0.2, -0.15) is 5.26 Å². The van der Waals surface area contributed by atoms with Crippen LogP contribution in [0.1, 0.15) is 17.3 Å². The van der Waals surface area contributed by atoms with E-state index in [0.717, 1.165) is 0 Å². The van der Waals surface area contributed by atoms with Gasteiger partial charge in [-0.25, -0.2) is 0 Å². The lowest BCUT2D eigenvalue weighted by Gasteiger charge is -2.18. The van der Waals surface area contributed by atoms with Crippen LogP contribution in [0.4, 0.5) is 5.69 Å². The summed E-state index contributed by atoms with van der Waals surface area (Å²) in [5, 5.41) is 8.67. The Labute approximate surface area is 94.5 Å². The highest BCUT2D eigenvalue weighted by Crippen LogP contribution is 2.12. The summed E-state index contributed by atoms with van der Waals surface area (Å²) < 4.78 is 0. The summed E-state index contributed by atoms with van der Waals surface area (Å²) in [6.07, 6.45) is 2.96. The molecule has 0 aliphatic rings. The van der Waals surface area contributed by atoms with Crippen molar-refractivity contribution in [2.45, 2.75) is 6.92 Å². The maximum Gasteiger partial charge on any atom is 0.255 e. The zero-order valence-corrected chi connectivity index (χ0v) is 9.34. The molecule has 0 radical (unpaired) electrons. The summed E-state index contributed by atoms with van der Waals surface area (Å²) in [5.74, 6) is -0.390. The zero-order chi connectivity index (χ0) is 12.1. The van der Waals surface area contributed by atoms with E-state index >= 15 is 0 Å². The highest BCUT2D eigenvalue weighted by atomic mass is 16.2. The van der Waals surface area contributed by atoms with Crippen molar-refractivity contribution in [3.05, 3.63) is 24.0 Å². The first-order valence-electron chi connectivity index (χ1n) is 4.90. The third kappa shape index (κ3) is 2.70. The molecule has 0 aliphatic carbocycles. The van der Waals surface area contributed by atoms with Crippen molar-refractivity contribution in [2.75, 3.05) is 19.3 Å². The van der Waals surface area contributed by atoms with Crippen molar-refractivity contribution in [2.24, 2.45) is 5.92 Å². The molecule has 5 nitrogen and oxygen atoms in total. The molecule has 0 saturated heterocycles. The van der Waals surface area contributed by atoms with Gasteiger partial charge in [0.15, 0.2) is 0 Å². The number of nitrogen functional groups attached to an aromatic ring is 1. The molecule has 1 unspecified atom stereocenters. The van der Waals surface area contributed by atoms with Crippen molar-refractivity contribution in [3.8, 4) is 6.07 Å². The molecule has 84 valence electrons. The van der Waals surface area contributed by atoms with E-state index in [9.17, 15) is 4.79 Å². The topological polar surface area (TPSA) is 83.0 Å². The van der Waals surface area contributed by atoms with Crippen LogP contribution < -0.4 is 5.73 Å². The number of anilines is 1. The van der Waals surface area contributed by atoms with Crippen LogP contribution in [0.25, 0.3) is 0 Å². The number of hydrogen-bond acceptors (Lipinski definition) is 4. The first-order valence-corrected chi connectivity index (χ1v) is 4.90. The van der Waals surface area contributed by atoms with E-state index in [0.29, 0.717) is 17.8 Å². The fraction of sp³-hybridized carbons (Fsp3) is 0.364. The Hall–Kier alpha value is -2.09. The van der Waals surface area contributed by atoms with Crippen LogP contribution in [0.15, 0.2) is 18.5 Å². The van der Waals surface area contributed by atoms with Crippen LogP contribution >= 0.6 is 0 Å². The van der Waals surface area contributed by atoms with Crippen LogP contribution in [0, 0.1) is 17.2 Å². The van der Waals surface area contributed by atoms with Gasteiger partial charge in [0.1, 0.15) is 0 Å². The Kier molecular flexibility index (Phi) is 3.84. The van der Waals surface area contributed by atoms with E-state index in [4.69, 9.17) is 11.0 Å². The first kappa shape index (κ1) is 12.0. The number of nitrogens with two attached hydrogens (primary N) is 1. The van der Waals surface area contributed by atoms with Gasteiger partial charge in [-0.15, -0.1) is 0 Å². The van der Waals surface area contributed by atoms with Gasteiger partial charge in [0, 0.05) is 19.8 Å². The summed E-state index contributed by atoms with van der Waals surface area (Å²) in [6.45, 7) is 2.15. The Morgan fingerprint density at radius 3 is 3.00 bits per heavy atom. The Balaban J connectivity index is 2.80. The molecule has 0 saturated carbocycles. The second-order valence-corrected chi connectivity index (χ2v) is 3.68. The van der Waals surface area contributed by atoms with Crippen LogP contribution in [0.5, 0.6) is 0 Å². The molecule has 0 bridgehead atoms. The second kappa shape index (κ2) is 5.12. The SMILES string of the molecule is CC(C#N)CN(C)C(=O)c1ccncc1N. The Morgan fingerprint density at radius 2 is 2.44 bits per heavy atom. The molecule has 2 N–H and O–H groups in total. The van der Waals surface area contributed by atoms with Gasteiger partial charge in [0.05, 0.1) is 29.4 Å². The molecule has 1 atom stereocenters. The van der Waals surface area contributed by atoms with Gasteiger partial charge in [0.2, 0.25) is 0 Å². The quantitative estimate of drug-likeness (QED) is 0.816. The molecular formula is C11H14N4O. The van der Waals surface area contributed by atoms with Gasteiger partial charge < -0.3 is 10.6 Å². The summed E-state index contributed by atoms with van der Waals surface area (Å²) in [5.41, 5.74) is 6.42. The number of carbonyl (C=O) groups is 1. The minimum absolute atomic E-state index is 0.193. The molecule has 0 aliphatic heterocycles. The van der Waals surface area contributed by atoms with Gasteiger partial charge in [-0.05, 0) is 13.0 Å². The Morgan fingerprint density at radius 1 is 1.75 bits per heavy atom. The number of aromatic nitrogens is 1. The summed E-state index contributed by atoms with van der Waals surface area (Å²) >= 11 is 0. The lowest BCUT2D eigenvalue weighted by molar-refractivity contribution is 0.0786. The number of carbonyl (C=O) groups excluding carboxylic acids is 1. The van der Waals surface area contributed by atoms with Crippen molar-refractivity contribution in [3.63, 3.8) is 0 Å². The second-order valence-electron chi connectivity index (χ2n) is 3.68. The van der Waals surface area contributed by atoms with Crippen molar-refractivity contribution < 1.29 is 4.79 Å². The molecule has 0 aromatic carbocycles. The smallest absolute Gasteiger partial charge is 0.255 e. The third-order valence-corrected chi connectivity index (χ3v) is 2.20. The molecule has 16 heavy (non-hydrogen) atoms. The number of hydrogen-bond donors (Lipinski definition) is 1. The summed E-state index contributed by atoms with van der Waals surface area (Å²) in [6, 6.07) is 3.65. The monoisotopic (exact) mass is 218 g/mol. The van der Waals surface area contributed by atoms with E-state index in [1.165, 1.54) is 17.3 Å². The van der Waals surface area contributed by atoms with Gasteiger partial charge in [-0.3, -0.25) is 9.78 Å². The Bertz CT molecular complexity index is 424. The minimum Gasteiger partial charge on any atom is -0.397 e. The van der Waals surface area contributed by atoms with Crippen LogP contribution in [0.2, 0.25) is 0 Å². The van der Waals surface area contributed by atoms with Crippen molar-refractivity contribution >= 4 is 11.6 Å². The van der Waals surface area contributed by atoms with Crippen molar-refractivity contribution in [1.82, 2.24) is 9.88 Å². The fourth-order valence-corrected chi connectivity index (χ4v) is 1.34. The summed E-state index contributed by atoms with van der Waals surface area (Å²) in [4.78, 5) is 17.2. The lowest BCUT2D eigenvalue weighted by atomic mass is 10.1. The van der Waals surface area contributed by atoms with E-state index in [1.807, 2.05) is 0 Å². The van der Waals surface area contributed by atoms with E-state index in [2.05, 4.69) is 11.1 Å². The molecule has 5 heteroatoms. The lowest BCUT2D eigenvalue weighted by Crippen LogP contribution is -2.31. The molecule has 1 amide bonds. The zero-order valence-electron chi connectivity index (χ0n) is 9.34. The van der Waals surface area contributed by atoms with Gasteiger partial charge >= 0.3 is 0 Å². The molecule has 1 heterocycles. The molecule has 1 aromatic heterocycles. The number of nitrogens with zero attached hydrogens (tertiary/aromatic N) is 3. The van der Waals surface area contributed by atoms with Gasteiger partial charge in [0.25, 0.3) is 5.91 Å². The average Bonchev–Trinajstić information content (AvgIpc) is 2.28. The molecule has 0 spiro atoms. The van der Waals surface area contributed by atoms with Crippen molar-refractivity contribution in [1.29, 1.82) is 5.26 Å². The van der Waals surface area contributed by atoms with Crippen LogP contribution in [0.3, 0.4) is 0 Å². The number of pyridine rings is 1.